The van der Waals surface area contributed by atoms with Gasteiger partial charge in [0.1, 0.15) is 17.7 Å². The van der Waals surface area contributed by atoms with Gasteiger partial charge in [0.05, 0.1) is 11.6 Å². The Morgan fingerprint density at radius 1 is 1.43 bits per heavy atom. The second-order valence-electron chi connectivity index (χ2n) is 5.45. The van der Waals surface area contributed by atoms with Gasteiger partial charge < -0.3 is 9.88 Å². The van der Waals surface area contributed by atoms with E-state index >= 15 is 0 Å². The van der Waals surface area contributed by atoms with Crippen LogP contribution in [-0.2, 0) is 19.5 Å². The van der Waals surface area contributed by atoms with Gasteiger partial charge in [-0.15, -0.1) is 21.5 Å². The summed E-state index contributed by atoms with van der Waals surface area (Å²) < 4.78 is 2.28. The number of nitrogens with zero attached hydrogens (tertiary/aromatic N) is 4. The largest absolute Gasteiger partial charge is 0.314 e. The van der Waals surface area contributed by atoms with Crippen molar-refractivity contribution in [1.82, 2.24) is 20.1 Å². The Kier molecular flexibility index (Phi) is 4.32. The molecule has 1 unspecified atom stereocenters. The average Bonchev–Trinajstić information content (AvgIpc) is 3.06. The maximum atomic E-state index is 8.85. The van der Waals surface area contributed by atoms with E-state index < -0.39 is 0 Å². The van der Waals surface area contributed by atoms with Gasteiger partial charge in [0.15, 0.2) is 0 Å². The first kappa shape index (κ1) is 14.2. The Morgan fingerprint density at radius 2 is 2.33 bits per heavy atom. The smallest absolute Gasteiger partial charge is 0.149 e. The van der Waals surface area contributed by atoms with E-state index in [-0.39, 0.29) is 6.04 Å². The molecule has 0 aromatic carbocycles. The summed E-state index contributed by atoms with van der Waals surface area (Å²) in [5.41, 5.74) is 0.737. The van der Waals surface area contributed by atoms with E-state index in [1.54, 1.807) is 11.3 Å². The fourth-order valence-electron chi connectivity index (χ4n) is 2.70. The number of aromatic nitrogens is 3. The molecule has 3 heterocycles. The maximum absolute atomic E-state index is 8.85. The third kappa shape index (κ3) is 3.14. The summed E-state index contributed by atoms with van der Waals surface area (Å²) in [5.74, 6) is 2.16. The van der Waals surface area contributed by atoms with Gasteiger partial charge in [-0.1, -0.05) is 6.42 Å². The van der Waals surface area contributed by atoms with Crippen LogP contribution in [0.2, 0.25) is 0 Å². The second-order valence-corrected chi connectivity index (χ2v) is 6.45. The van der Waals surface area contributed by atoms with Crippen molar-refractivity contribution in [3.63, 3.8) is 0 Å². The lowest BCUT2D eigenvalue weighted by Crippen LogP contribution is -2.22. The summed E-state index contributed by atoms with van der Waals surface area (Å²) in [6, 6.07) is 4.27. The Balaban J connectivity index is 1.67. The number of thiophene rings is 1. The lowest BCUT2D eigenvalue weighted by atomic mass is 10.2. The molecule has 1 atom stereocenters. The van der Waals surface area contributed by atoms with Gasteiger partial charge in [0.2, 0.25) is 0 Å². The van der Waals surface area contributed by atoms with Crippen molar-refractivity contribution in [3.05, 3.63) is 33.5 Å². The fourth-order valence-corrected chi connectivity index (χ4v) is 3.47. The molecule has 0 saturated heterocycles. The molecule has 6 heteroatoms. The Bertz CT molecular complexity index is 651. The number of fused-ring (bicyclic) bond motifs is 1. The number of rotatable bonds is 4. The van der Waals surface area contributed by atoms with E-state index in [0.29, 0.717) is 0 Å². The first-order valence-corrected chi connectivity index (χ1v) is 8.29. The molecule has 0 saturated carbocycles. The maximum Gasteiger partial charge on any atom is 0.149 e. The van der Waals surface area contributed by atoms with Crippen LogP contribution in [0.1, 0.15) is 54.3 Å². The van der Waals surface area contributed by atoms with Crippen LogP contribution in [0.4, 0.5) is 0 Å². The van der Waals surface area contributed by atoms with Gasteiger partial charge in [-0.05, 0) is 25.8 Å². The molecule has 2 aromatic heterocycles. The Labute approximate surface area is 128 Å². The van der Waals surface area contributed by atoms with Gasteiger partial charge in [-0.2, -0.15) is 5.26 Å². The molecular formula is C15H19N5S. The van der Waals surface area contributed by atoms with E-state index in [2.05, 4.69) is 33.1 Å². The molecule has 1 N–H and O–H groups in total. The minimum Gasteiger partial charge on any atom is -0.314 e. The standard InChI is InChI=1S/C15H19N5S/c1-11(17-9-13-7-12(8-16)10-21-13)15-19-18-14-5-3-2-4-6-20(14)15/h7,10-11,17H,2-6,9H2,1H3. The molecule has 5 nitrogen and oxygen atoms in total. The van der Waals surface area contributed by atoms with Crippen molar-refractivity contribution in [2.45, 2.75) is 51.7 Å². The highest BCUT2D eigenvalue weighted by molar-refractivity contribution is 7.10. The number of nitrogens with one attached hydrogen (secondary N) is 1. The average molecular weight is 301 g/mol. The minimum atomic E-state index is 0.164. The zero-order chi connectivity index (χ0) is 14.7. The third-order valence-electron chi connectivity index (χ3n) is 3.89. The van der Waals surface area contributed by atoms with E-state index in [9.17, 15) is 0 Å². The van der Waals surface area contributed by atoms with Gasteiger partial charge in [0, 0.05) is 29.8 Å². The van der Waals surface area contributed by atoms with E-state index in [4.69, 9.17) is 5.26 Å². The molecule has 0 radical (unpaired) electrons. The van der Waals surface area contributed by atoms with E-state index in [1.807, 2.05) is 11.4 Å². The molecule has 110 valence electrons. The predicted molar refractivity (Wildman–Crippen MR) is 81.9 cm³/mol. The lowest BCUT2D eigenvalue weighted by Gasteiger charge is -2.14. The van der Waals surface area contributed by atoms with Crippen molar-refractivity contribution in [3.8, 4) is 6.07 Å². The molecule has 2 aromatic rings. The molecule has 1 aliphatic rings. The third-order valence-corrected chi connectivity index (χ3v) is 4.83. The van der Waals surface area contributed by atoms with Crippen LogP contribution < -0.4 is 5.32 Å². The zero-order valence-corrected chi connectivity index (χ0v) is 13.0. The van der Waals surface area contributed by atoms with Gasteiger partial charge >= 0.3 is 0 Å². The molecule has 21 heavy (non-hydrogen) atoms. The Hall–Kier alpha value is -1.71. The molecule has 0 fully saturated rings. The van der Waals surface area contributed by atoms with Crippen molar-refractivity contribution >= 4 is 11.3 Å². The highest BCUT2D eigenvalue weighted by Gasteiger charge is 2.18. The SMILES string of the molecule is CC(NCc1cc(C#N)cs1)c1nnc2n1CCCCC2. The molecule has 1 aliphatic heterocycles. The predicted octanol–water partition coefficient (Wildman–Crippen LogP) is 2.79. The van der Waals surface area contributed by atoms with Crippen molar-refractivity contribution in [1.29, 1.82) is 5.26 Å². The second kappa shape index (κ2) is 6.37. The number of nitriles is 1. The topological polar surface area (TPSA) is 66.5 Å². The molecule has 0 spiro atoms. The first-order valence-electron chi connectivity index (χ1n) is 7.41. The summed E-state index contributed by atoms with van der Waals surface area (Å²) in [7, 11) is 0. The number of hydrogen-bond acceptors (Lipinski definition) is 5. The van der Waals surface area contributed by atoms with Crippen LogP contribution in [0.3, 0.4) is 0 Å². The van der Waals surface area contributed by atoms with E-state index in [1.165, 1.54) is 24.1 Å². The van der Waals surface area contributed by atoms with Crippen LogP contribution in [-0.4, -0.2) is 14.8 Å². The van der Waals surface area contributed by atoms with Crippen LogP contribution in [0.15, 0.2) is 11.4 Å². The summed E-state index contributed by atoms with van der Waals surface area (Å²) in [4.78, 5) is 1.18. The fraction of sp³-hybridized carbons (Fsp3) is 0.533. The summed E-state index contributed by atoms with van der Waals surface area (Å²) in [6.45, 7) is 3.91. The first-order chi connectivity index (χ1) is 10.3. The molecular weight excluding hydrogens is 282 g/mol. The molecule has 3 rings (SSSR count). The summed E-state index contributed by atoms with van der Waals surface area (Å²) in [6.07, 6.45) is 4.74. The normalized spacial score (nSPS) is 16.0. The number of hydrogen-bond donors (Lipinski definition) is 1. The van der Waals surface area contributed by atoms with Crippen molar-refractivity contribution in [2.75, 3.05) is 0 Å². The Morgan fingerprint density at radius 3 is 3.14 bits per heavy atom. The van der Waals surface area contributed by atoms with Crippen molar-refractivity contribution < 1.29 is 0 Å². The molecule has 0 aliphatic carbocycles. The zero-order valence-electron chi connectivity index (χ0n) is 12.2. The quantitative estimate of drug-likeness (QED) is 0.943. The molecule has 0 bridgehead atoms. The van der Waals surface area contributed by atoms with Crippen LogP contribution in [0, 0.1) is 11.3 Å². The van der Waals surface area contributed by atoms with Gasteiger partial charge in [-0.25, -0.2) is 0 Å². The number of aryl methyl sites for hydroxylation is 1. The molecule has 0 amide bonds. The van der Waals surface area contributed by atoms with Crippen LogP contribution in [0.25, 0.3) is 0 Å². The highest BCUT2D eigenvalue weighted by Crippen LogP contribution is 2.20. The van der Waals surface area contributed by atoms with Gasteiger partial charge in [0.25, 0.3) is 0 Å². The summed E-state index contributed by atoms with van der Waals surface area (Å²) >= 11 is 1.62. The van der Waals surface area contributed by atoms with Crippen LogP contribution in [0.5, 0.6) is 0 Å². The van der Waals surface area contributed by atoms with Crippen LogP contribution >= 0.6 is 11.3 Å². The summed E-state index contributed by atoms with van der Waals surface area (Å²) in [5, 5.41) is 23.0. The lowest BCUT2D eigenvalue weighted by molar-refractivity contribution is 0.504. The van der Waals surface area contributed by atoms with Crippen molar-refractivity contribution in [2.24, 2.45) is 0 Å². The minimum absolute atomic E-state index is 0.164. The van der Waals surface area contributed by atoms with E-state index in [0.717, 1.165) is 36.7 Å². The van der Waals surface area contributed by atoms with Gasteiger partial charge in [-0.3, -0.25) is 0 Å². The monoisotopic (exact) mass is 301 g/mol. The highest BCUT2D eigenvalue weighted by atomic mass is 32.1.